The van der Waals surface area contributed by atoms with Crippen molar-refractivity contribution in [3.63, 3.8) is 0 Å². The fraction of sp³-hybridized carbons (Fsp3) is 0.182. The van der Waals surface area contributed by atoms with E-state index >= 15 is 0 Å². The van der Waals surface area contributed by atoms with Gasteiger partial charge in [-0.2, -0.15) is 0 Å². The van der Waals surface area contributed by atoms with Gasteiger partial charge in [0.1, 0.15) is 6.61 Å². The molecule has 0 atom stereocenters. The number of carbonyl (C=O) groups is 1. The summed E-state index contributed by atoms with van der Waals surface area (Å²) >= 11 is 0. The van der Waals surface area contributed by atoms with Crippen LogP contribution >= 0.6 is 0 Å². The smallest absolute Gasteiger partial charge is 0.204 e. The molecule has 0 unspecified atom stereocenters. The molecule has 1 aliphatic heterocycles. The maximum Gasteiger partial charge on any atom is 0.204 e. The van der Waals surface area contributed by atoms with Crippen molar-refractivity contribution >= 4 is 12.4 Å². The molecule has 0 bridgehead atoms. The average molecular weight is 206 g/mol. The van der Waals surface area contributed by atoms with Gasteiger partial charge in [-0.15, -0.1) is 0 Å². The van der Waals surface area contributed by atoms with Crippen LogP contribution in [0.2, 0.25) is 0 Å². The van der Waals surface area contributed by atoms with Gasteiger partial charge >= 0.3 is 0 Å². The van der Waals surface area contributed by atoms with E-state index in [0.717, 1.165) is 5.56 Å². The topological polar surface area (TPSA) is 55.8 Å². The van der Waals surface area contributed by atoms with Crippen LogP contribution in [0, 0.1) is 0 Å². The lowest BCUT2D eigenvalue weighted by Crippen LogP contribution is -2.04. The van der Waals surface area contributed by atoms with Crippen molar-refractivity contribution in [3.8, 4) is 17.2 Å². The third kappa shape index (κ3) is 1.44. The van der Waals surface area contributed by atoms with Crippen molar-refractivity contribution in [3.05, 3.63) is 23.3 Å². The van der Waals surface area contributed by atoms with E-state index in [1.165, 1.54) is 7.11 Å². The Morgan fingerprint density at radius 1 is 1.60 bits per heavy atom. The summed E-state index contributed by atoms with van der Waals surface area (Å²) in [6.45, 7) is 0.434. The molecule has 0 aliphatic carbocycles. The number of methoxy groups -OCH3 is 1. The highest BCUT2D eigenvalue weighted by molar-refractivity contribution is 5.85. The van der Waals surface area contributed by atoms with Crippen LogP contribution in [0.15, 0.2) is 12.1 Å². The summed E-state index contributed by atoms with van der Waals surface area (Å²) in [4.78, 5) is 10.7. The highest BCUT2D eigenvalue weighted by Gasteiger charge is 2.19. The number of carbonyl (C=O) groups excluding carboxylic acids is 1. The molecule has 1 aromatic rings. The van der Waals surface area contributed by atoms with E-state index < -0.39 is 0 Å². The molecule has 0 aromatic heterocycles. The van der Waals surface area contributed by atoms with Gasteiger partial charge in [0, 0.05) is 5.56 Å². The van der Waals surface area contributed by atoms with Gasteiger partial charge in [0.05, 0.1) is 12.7 Å². The molecule has 1 heterocycles. The molecule has 0 saturated carbocycles. The Morgan fingerprint density at radius 2 is 2.40 bits per heavy atom. The normalized spacial score (nSPS) is 12.9. The largest absolute Gasteiger partial charge is 0.504 e. The molecule has 0 fully saturated rings. The average Bonchev–Trinajstić information content (AvgIpc) is 2.28. The number of phenolic OH excluding ortho intramolecular Hbond substituents is 1. The van der Waals surface area contributed by atoms with Crippen LogP contribution in [0.5, 0.6) is 17.2 Å². The van der Waals surface area contributed by atoms with Gasteiger partial charge in [0.25, 0.3) is 0 Å². The van der Waals surface area contributed by atoms with Gasteiger partial charge in [-0.3, -0.25) is 4.79 Å². The van der Waals surface area contributed by atoms with Crippen LogP contribution in [0.1, 0.15) is 15.9 Å². The monoisotopic (exact) mass is 206 g/mol. The molecule has 1 aromatic carbocycles. The Bertz CT molecular complexity index is 435. The first kappa shape index (κ1) is 9.58. The van der Waals surface area contributed by atoms with Crippen LogP contribution in [0.4, 0.5) is 0 Å². The van der Waals surface area contributed by atoms with Crippen molar-refractivity contribution in [1.29, 1.82) is 0 Å². The first-order valence-electron chi connectivity index (χ1n) is 4.46. The Labute approximate surface area is 86.7 Å². The first-order chi connectivity index (χ1) is 7.27. The van der Waals surface area contributed by atoms with E-state index in [2.05, 4.69) is 0 Å². The summed E-state index contributed by atoms with van der Waals surface area (Å²) in [6.07, 6.45) is 4.24. The first-order valence-corrected chi connectivity index (χ1v) is 4.46. The van der Waals surface area contributed by atoms with Crippen molar-refractivity contribution in [1.82, 2.24) is 0 Å². The highest BCUT2D eigenvalue weighted by atomic mass is 16.5. The Morgan fingerprint density at radius 3 is 3.07 bits per heavy atom. The summed E-state index contributed by atoms with van der Waals surface area (Å²) < 4.78 is 10.4. The fourth-order valence-electron chi connectivity index (χ4n) is 1.53. The number of ether oxygens (including phenoxy) is 2. The van der Waals surface area contributed by atoms with E-state index in [1.807, 2.05) is 12.2 Å². The van der Waals surface area contributed by atoms with Gasteiger partial charge in [-0.25, -0.2) is 0 Å². The molecule has 4 nitrogen and oxygen atoms in total. The highest BCUT2D eigenvalue weighted by Crippen LogP contribution is 2.43. The number of hydrogen-bond acceptors (Lipinski definition) is 4. The van der Waals surface area contributed by atoms with Crippen LogP contribution in [-0.2, 0) is 0 Å². The number of aromatic hydroxyl groups is 1. The Balaban J connectivity index is 2.70. The Kier molecular flexibility index (Phi) is 2.33. The molecule has 0 saturated heterocycles. The predicted molar refractivity (Wildman–Crippen MR) is 54.6 cm³/mol. The third-order valence-electron chi connectivity index (χ3n) is 2.22. The lowest BCUT2D eigenvalue weighted by molar-refractivity contribution is 0.112. The van der Waals surface area contributed by atoms with E-state index in [0.29, 0.717) is 18.6 Å². The van der Waals surface area contributed by atoms with Gasteiger partial charge in [-0.1, -0.05) is 6.08 Å². The van der Waals surface area contributed by atoms with Crippen LogP contribution in [0.3, 0.4) is 0 Å². The van der Waals surface area contributed by atoms with Crippen LogP contribution in [0.25, 0.3) is 6.08 Å². The number of benzene rings is 1. The van der Waals surface area contributed by atoms with E-state index in [-0.39, 0.29) is 17.1 Å². The van der Waals surface area contributed by atoms with Crippen LogP contribution < -0.4 is 9.47 Å². The summed E-state index contributed by atoms with van der Waals surface area (Å²) in [7, 11) is 1.42. The molecule has 78 valence electrons. The zero-order chi connectivity index (χ0) is 10.8. The summed E-state index contributed by atoms with van der Waals surface area (Å²) in [5.41, 5.74) is 0.929. The zero-order valence-corrected chi connectivity index (χ0v) is 8.19. The van der Waals surface area contributed by atoms with Crippen molar-refractivity contribution < 1.29 is 19.4 Å². The standard InChI is InChI=1S/C11H10O4/c1-14-11-9(13)8(6-12)5-7-3-2-4-15-10(7)11/h2-3,5-6,13H,4H2,1H3. The molecule has 1 N–H and O–H groups in total. The minimum Gasteiger partial charge on any atom is -0.504 e. The molecule has 0 amide bonds. The van der Waals surface area contributed by atoms with Gasteiger partial charge in [-0.05, 0) is 12.1 Å². The summed E-state index contributed by atoms with van der Waals surface area (Å²) in [6, 6.07) is 1.57. The molecule has 15 heavy (non-hydrogen) atoms. The van der Waals surface area contributed by atoms with E-state index in [1.54, 1.807) is 6.07 Å². The van der Waals surface area contributed by atoms with E-state index in [4.69, 9.17) is 9.47 Å². The number of hydrogen-bond donors (Lipinski definition) is 1. The second-order valence-electron chi connectivity index (χ2n) is 3.10. The van der Waals surface area contributed by atoms with Gasteiger partial charge in [0.15, 0.2) is 17.8 Å². The van der Waals surface area contributed by atoms with Crippen molar-refractivity contribution in [2.45, 2.75) is 0 Å². The Hall–Kier alpha value is -1.97. The molecule has 2 rings (SSSR count). The fourth-order valence-corrected chi connectivity index (χ4v) is 1.53. The lowest BCUT2D eigenvalue weighted by atomic mass is 10.1. The minimum atomic E-state index is -0.179. The minimum absolute atomic E-state index is 0.179. The summed E-state index contributed by atoms with van der Waals surface area (Å²) in [5.74, 6) is 0.503. The number of rotatable bonds is 2. The van der Waals surface area contributed by atoms with Crippen LogP contribution in [-0.4, -0.2) is 25.1 Å². The maximum atomic E-state index is 10.7. The SMILES string of the molecule is COc1c(O)c(C=O)cc2c1OCC=C2. The molecule has 0 spiro atoms. The lowest BCUT2D eigenvalue weighted by Gasteiger charge is -2.17. The number of fused-ring (bicyclic) bond motifs is 1. The third-order valence-corrected chi connectivity index (χ3v) is 2.22. The number of aldehydes is 1. The molecular weight excluding hydrogens is 196 g/mol. The zero-order valence-electron chi connectivity index (χ0n) is 8.19. The second kappa shape index (κ2) is 3.65. The molecule has 4 heteroatoms. The number of phenols is 1. The van der Waals surface area contributed by atoms with E-state index in [9.17, 15) is 9.90 Å². The summed E-state index contributed by atoms with van der Waals surface area (Å²) in [5, 5.41) is 9.68. The predicted octanol–water partition coefficient (Wildman–Crippen LogP) is 1.62. The molecular formula is C11H10O4. The molecule has 1 aliphatic rings. The maximum absolute atomic E-state index is 10.7. The quantitative estimate of drug-likeness (QED) is 0.747. The van der Waals surface area contributed by atoms with Gasteiger partial charge in [0.2, 0.25) is 5.75 Å². The van der Waals surface area contributed by atoms with Crippen molar-refractivity contribution in [2.24, 2.45) is 0 Å². The van der Waals surface area contributed by atoms with Gasteiger partial charge < -0.3 is 14.6 Å². The van der Waals surface area contributed by atoms with Crippen molar-refractivity contribution in [2.75, 3.05) is 13.7 Å². The second-order valence-corrected chi connectivity index (χ2v) is 3.10. The molecule has 0 radical (unpaired) electrons.